The minimum Gasteiger partial charge on any atom is -0.379 e. The van der Waals surface area contributed by atoms with Crippen LogP contribution in [0.15, 0.2) is 0 Å². The van der Waals surface area contributed by atoms with Gasteiger partial charge in [-0.2, -0.15) is 26.3 Å². The topological polar surface area (TPSA) is 48.0 Å². The Bertz CT molecular complexity index is 332. The maximum atomic E-state index is 12.1. The average Bonchev–Trinajstić information content (AvgIpc) is 2.33. The van der Waals surface area contributed by atoms with E-state index in [2.05, 4.69) is 9.05 Å². The highest BCUT2D eigenvalue weighted by Gasteiger charge is 2.42. The maximum Gasteiger partial charge on any atom is 0.412 e. The lowest BCUT2D eigenvalue weighted by Gasteiger charge is -2.32. The summed E-state index contributed by atoms with van der Waals surface area (Å²) < 4.78 is 98.3. The highest BCUT2D eigenvalue weighted by molar-refractivity contribution is 7.51. The third-order valence-electron chi connectivity index (χ3n) is 2.12. The van der Waals surface area contributed by atoms with Gasteiger partial charge in [0.05, 0.1) is 13.2 Å². The number of morpholine rings is 1. The van der Waals surface area contributed by atoms with E-state index in [1.165, 1.54) is 0 Å². The van der Waals surface area contributed by atoms with E-state index in [0.29, 0.717) is 0 Å². The number of halogens is 6. The summed E-state index contributed by atoms with van der Waals surface area (Å²) in [4.78, 5) is 0. The van der Waals surface area contributed by atoms with Gasteiger partial charge in [-0.15, -0.1) is 0 Å². The van der Waals surface area contributed by atoms with Gasteiger partial charge in [0.1, 0.15) is 0 Å². The summed E-state index contributed by atoms with van der Waals surface area (Å²) in [6.07, 6.45) is -9.66. The first-order valence-electron chi connectivity index (χ1n) is 5.38. The van der Waals surface area contributed by atoms with Gasteiger partial charge in [-0.1, -0.05) is 0 Å². The molecular formula is C8H12F6NO4P. The van der Waals surface area contributed by atoms with Crippen molar-refractivity contribution in [2.75, 3.05) is 39.5 Å². The highest BCUT2D eigenvalue weighted by atomic mass is 31.2. The number of nitrogens with zero attached hydrogens (tertiary/aromatic N) is 1. The number of hydrogen-bond acceptors (Lipinski definition) is 4. The minimum atomic E-state index is -4.83. The fraction of sp³-hybridized carbons (Fsp3) is 1.00. The van der Waals surface area contributed by atoms with Crippen LogP contribution in [0.2, 0.25) is 0 Å². The van der Waals surface area contributed by atoms with Gasteiger partial charge in [0.25, 0.3) is 0 Å². The summed E-state index contributed by atoms with van der Waals surface area (Å²) in [5, 5.41) is 0. The van der Waals surface area contributed by atoms with Crippen molar-refractivity contribution in [2.24, 2.45) is 0 Å². The van der Waals surface area contributed by atoms with E-state index >= 15 is 0 Å². The zero-order chi connectivity index (χ0) is 15.4. The molecule has 120 valence electrons. The van der Waals surface area contributed by atoms with Crippen molar-refractivity contribution in [2.45, 2.75) is 12.4 Å². The van der Waals surface area contributed by atoms with Crippen LogP contribution < -0.4 is 0 Å². The van der Waals surface area contributed by atoms with Crippen LogP contribution in [0.5, 0.6) is 0 Å². The molecule has 0 amide bonds. The van der Waals surface area contributed by atoms with Crippen LogP contribution >= 0.6 is 7.75 Å². The molecule has 20 heavy (non-hydrogen) atoms. The van der Waals surface area contributed by atoms with Crippen molar-refractivity contribution in [3.8, 4) is 0 Å². The Morgan fingerprint density at radius 1 is 0.950 bits per heavy atom. The monoisotopic (exact) mass is 331 g/mol. The smallest absolute Gasteiger partial charge is 0.379 e. The van der Waals surface area contributed by atoms with E-state index in [0.717, 1.165) is 4.67 Å². The van der Waals surface area contributed by atoms with E-state index in [4.69, 9.17) is 4.74 Å². The summed E-state index contributed by atoms with van der Waals surface area (Å²) in [5.41, 5.74) is 0. The van der Waals surface area contributed by atoms with Crippen LogP contribution in [0.25, 0.3) is 0 Å². The molecule has 0 N–H and O–H groups in total. The summed E-state index contributed by atoms with van der Waals surface area (Å²) in [5.74, 6) is 0. The van der Waals surface area contributed by atoms with Gasteiger partial charge >= 0.3 is 20.1 Å². The molecule has 1 aliphatic heterocycles. The highest BCUT2D eigenvalue weighted by Crippen LogP contribution is 2.53. The molecule has 0 aromatic rings. The molecule has 0 radical (unpaired) electrons. The maximum absolute atomic E-state index is 12.1. The number of hydrogen-bond donors (Lipinski definition) is 0. The van der Waals surface area contributed by atoms with Crippen molar-refractivity contribution < 1.29 is 44.7 Å². The molecule has 0 aliphatic carbocycles. The van der Waals surface area contributed by atoms with E-state index in [9.17, 15) is 30.9 Å². The molecule has 1 heterocycles. The predicted octanol–water partition coefficient (Wildman–Crippen LogP) is 2.58. The van der Waals surface area contributed by atoms with Crippen molar-refractivity contribution >= 4 is 7.75 Å². The predicted molar refractivity (Wildman–Crippen MR) is 54.0 cm³/mol. The van der Waals surface area contributed by atoms with Crippen LogP contribution in [-0.4, -0.2) is 56.5 Å². The Morgan fingerprint density at radius 3 is 1.70 bits per heavy atom. The first-order chi connectivity index (χ1) is 9.02. The molecule has 1 fully saturated rings. The number of rotatable bonds is 5. The zero-order valence-corrected chi connectivity index (χ0v) is 10.9. The zero-order valence-electron chi connectivity index (χ0n) is 10.0. The standard InChI is InChI=1S/C8H12F6NO4P/c9-7(10,11)5-18-20(16,19-6-8(12,13)14)15-1-3-17-4-2-15/h1-6H2. The Balaban J connectivity index is 2.73. The van der Waals surface area contributed by atoms with E-state index in [1.54, 1.807) is 0 Å². The van der Waals surface area contributed by atoms with Crippen LogP contribution in [0.4, 0.5) is 26.3 Å². The van der Waals surface area contributed by atoms with Crippen molar-refractivity contribution in [3.05, 3.63) is 0 Å². The summed E-state index contributed by atoms with van der Waals surface area (Å²) in [6.45, 7) is -4.19. The third-order valence-corrected chi connectivity index (χ3v) is 4.12. The first-order valence-corrected chi connectivity index (χ1v) is 6.87. The van der Waals surface area contributed by atoms with Crippen LogP contribution in [0.1, 0.15) is 0 Å². The Hall–Kier alpha value is -0.350. The fourth-order valence-corrected chi connectivity index (χ4v) is 2.98. The molecule has 1 rings (SSSR count). The second kappa shape index (κ2) is 6.61. The second-order valence-corrected chi connectivity index (χ2v) is 5.83. The summed E-state index contributed by atoms with van der Waals surface area (Å²) >= 11 is 0. The lowest BCUT2D eigenvalue weighted by atomic mass is 10.5. The average molecular weight is 331 g/mol. The van der Waals surface area contributed by atoms with Crippen molar-refractivity contribution in [3.63, 3.8) is 0 Å². The molecule has 0 bridgehead atoms. The molecular weight excluding hydrogens is 319 g/mol. The molecule has 0 saturated carbocycles. The molecule has 0 aromatic heterocycles. The fourth-order valence-electron chi connectivity index (χ4n) is 1.31. The van der Waals surface area contributed by atoms with Crippen LogP contribution in [0.3, 0.4) is 0 Å². The molecule has 12 heteroatoms. The number of alkyl halides is 6. The van der Waals surface area contributed by atoms with E-state index in [-0.39, 0.29) is 26.3 Å². The Morgan fingerprint density at radius 2 is 1.35 bits per heavy atom. The SMILES string of the molecule is O=P(OCC(F)(F)F)(OCC(F)(F)F)N1CCOCC1. The molecule has 0 spiro atoms. The van der Waals surface area contributed by atoms with Gasteiger partial charge in [0.15, 0.2) is 13.2 Å². The lowest BCUT2D eigenvalue weighted by Crippen LogP contribution is -2.36. The molecule has 5 nitrogen and oxygen atoms in total. The molecule has 1 saturated heterocycles. The molecule has 0 atom stereocenters. The second-order valence-electron chi connectivity index (χ2n) is 3.81. The van der Waals surface area contributed by atoms with Gasteiger partial charge in [-0.05, 0) is 0 Å². The largest absolute Gasteiger partial charge is 0.412 e. The van der Waals surface area contributed by atoms with Gasteiger partial charge in [-0.25, -0.2) is 9.24 Å². The third kappa shape index (κ3) is 6.40. The van der Waals surface area contributed by atoms with Crippen LogP contribution in [0, 0.1) is 0 Å². The van der Waals surface area contributed by atoms with Gasteiger partial charge in [0.2, 0.25) is 0 Å². The van der Waals surface area contributed by atoms with Crippen molar-refractivity contribution in [1.82, 2.24) is 4.67 Å². The van der Waals surface area contributed by atoms with E-state index < -0.39 is 33.3 Å². The molecule has 0 aromatic carbocycles. The number of ether oxygens (including phenoxy) is 1. The van der Waals surface area contributed by atoms with E-state index in [1.807, 2.05) is 0 Å². The Labute approximate surface area is 110 Å². The molecule has 0 unspecified atom stereocenters. The van der Waals surface area contributed by atoms with Gasteiger partial charge in [0, 0.05) is 13.1 Å². The lowest BCUT2D eigenvalue weighted by molar-refractivity contribution is -0.168. The minimum absolute atomic E-state index is 0.00868. The van der Waals surface area contributed by atoms with Crippen molar-refractivity contribution in [1.29, 1.82) is 0 Å². The summed E-state index contributed by atoms with van der Waals surface area (Å²) in [7, 11) is -4.67. The van der Waals surface area contributed by atoms with Crippen LogP contribution in [-0.2, 0) is 18.3 Å². The quantitative estimate of drug-likeness (QED) is 0.572. The Kier molecular flexibility index (Phi) is 5.85. The first kappa shape index (κ1) is 17.7. The summed E-state index contributed by atoms with van der Waals surface area (Å²) in [6, 6.07) is 0. The normalized spacial score (nSPS) is 19.3. The van der Waals surface area contributed by atoms with Gasteiger partial charge in [-0.3, -0.25) is 9.05 Å². The van der Waals surface area contributed by atoms with Gasteiger partial charge < -0.3 is 4.74 Å². The molecule has 1 aliphatic rings.